The number of anilines is 1. The Morgan fingerprint density at radius 2 is 1.64 bits per heavy atom. The lowest BCUT2D eigenvalue weighted by Crippen LogP contribution is -2.13. The van der Waals surface area contributed by atoms with Gasteiger partial charge in [-0.05, 0) is 118 Å². The van der Waals surface area contributed by atoms with Crippen LogP contribution in [-0.2, 0) is 30.2 Å². The lowest BCUT2D eigenvalue weighted by atomic mass is 9.84. The number of nitrogens with zero attached hydrogens (tertiary/aromatic N) is 1. The van der Waals surface area contributed by atoms with E-state index in [0.717, 1.165) is 55.5 Å². The third-order valence-corrected chi connectivity index (χ3v) is 7.26. The minimum atomic E-state index is -4.38. The van der Waals surface area contributed by atoms with E-state index in [2.05, 4.69) is 38.8 Å². The summed E-state index contributed by atoms with van der Waals surface area (Å²) in [4.78, 5) is 20.8. The molecule has 0 atom stereocenters. The maximum Gasteiger partial charge on any atom is 0.416 e. The maximum absolute atomic E-state index is 14.8. The van der Waals surface area contributed by atoms with Gasteiger partial charge in [-0.25, -0.2) is 4.39 Å². The summed E-state index contributed by atoms with van der Waals surface area (Å²) in [6.07, 6.45) is -0.128. The normalized spacial score (nSPS) is 13.4. The van der Waals surface area contributed by atoms with Crippen molar-refractivity contribution in [2.45, 2.75) is 79.0 Å². The van der Waals surface area contributed by atoms with E-state index in [1.807, 2.05) is 0 Å². The van der Waals surface area contributed by atoms with E-state index < -0.39 is 17.3 Å². The highest BCUT2D eigenvalue weighted by atomic mass is 19.4. The molecule has 246 valence electrons. The van der Waals surface area contributed by atoms with Crippen molar-refractivity contribution in [3.8, 4) is 16.9 Å². The Kier molecular flexibility index (Phi) is 13.2. The number of fused-ring (bicyclic) bond motifs is 2. The molecule has 0 bridgehead atoms. The van der Waals surface area contributed by atoms with Crippen LogP contribution >= 0.6 is 0 Å². The first-order valence-corrected chi connectivity index (χ1v) is 14.7. The second-order valence-electron chi connectivity index (χ2n) is 11.9. The number of likely N-dealkylation sites (N-methyl/N-ethyl adjacent to an activating group) is 1. The summed E-state index contributed by atoms with van der Waals surface area (Å²) in [7, 11) is 2.15. The van der Waals surface area contributed by atoms with Crippen LogP contribution in [0.25, 0.3) is 11.1 Å². The number of aliphatic hydroxyl groups is 1. The molecule has 0 amide bonds. The molecule has 0 saturated heterocycles. The summed E-state index contributed by atoms with van der Waals surface area (Å²) >= 11 is 0. The van der Waals surface area contributed by atoms with E-state index >= 15 is 0 Å². The van der Waals surface area contributed by atoms with E-state index in [1.54, 1.807) is 26.8 Å². The first kappa shape index (κ1) is 37.3. The summed E-state index contributed by atoms with van der Waals surface area (Å²) in [5.41, 5.74) is 8.66. The number of halogens is 4. The molecule has 0 radical (unpaired) electrons. The molecular formula is C35H43F4NO5. The fourth-order valence-corrected chi connectivity index (χ4v) is 5.37. The molecule has 2 heterocycles. The first-order chi connectivity index (χ1) is 21.0. The highest BCUT2D eigenvalue weighted by Gasteiger charge is 2.30. The van der Waals surface area contributed by atoms with Crippen molar-refractivity contribution in [3.63, 3.8) is 0 Å². The van der Waals surface area contributed by atoms with Crippen LogP contribution in [0, 0.1) is 19.7 Å². The van der Waals surface area contributed by atoms with E-state index in [1.165, 1.54) is 45.6 Å². The Balaban J connectivity index is 0.000000293. The predicted octanol–water partition coefficient (Wildman–Crippen LogP) is 7.99. The Hall–Kier alpha value is -3.92. The Labute approximate surface area is 262 Å². The smallest absolute Gasteiger partial charge is 0.416 e. The van der Waals surface area contributed by atoms with Gasteiger partial charge >= 0.3 is 6.18 Å². The zero-order chi connectivity index (χ0) is 34.1. The summed E-state index contributed by atoms with van der Waals surface area (Å²) in [6.45, 7) is 13.1. The summed E-state index contributed by atoms with van der Waals surface area (Å²) in [5.74, 6) is 0.269. The molecule has 2 aliphatic heterocycles. The third-order valence-electron chi connectivity index (χ3n) is 7.26. The van der Waals surface area contributed by atoms with Crippen LogP contribution in [0.1, 0.15) is 77.9 Å². The molecule has 2 N–H and O–H groups in total. The summed E-state index contributed by atoms with van der Waals surface area (Å²) < 4.78 is 56.4. The number of hydrogen-bond acceptors (Lipinski definition) is 5. The molecule has 0 fully saturated rings. The largest absolute Gasteiger partial charge is 0.490 e. The van der Waals surface area contributed by atoms with Crippen LogP contribution in [0.2, 0.25) is 0 Å². The molecular weight excluding hydrogens is 590 g/mol. The number of hydrogen-bond donors (Lipinski definition) is 2. The number of aldehydes is 1. The van der Waals surface area contributed by atoms with Crippen molar-refractivity contribution in [1.82, 2.24) is 0 Å². The number of carbonyl (C=O) groups is 2. The molecule has 2 aliphatic rings. The standard InChI is InChI=1S/C22H26FNO.C8H5F3O.C4H10O.CH2O2/c1-5-15-13(2)11-20-17(8-9-24(20)4)21(15)18-12-19(23)22-16(14(18)3)7-6-10-25-22;9-8(10,11)7-3-1-2-6(4-7)5-12;1-4(2,3)5;2-1-3/h11-12H,5-10H2,1-4H3;1-5H;5H,1-3H3;1H,(H,2,3). The lowest BCUT2D eigenvalue weighted by Gasteiger charge is -2.25. The SMILES string of the molecule is CC(C)(C)O.CCc1c(C)cc2c(c1-c1cc(F)c3c(c1C)CCCO3)CCN2C.O=CO.O=Cc1cccc(C(F)(F)F)c1. The number of aryl methyl sites for hydroxylation is 1. The lowest BCUT2D eigenvalue weighted by molar-refractivity contribution is -0.137. The number of carbonyl (C=O) groups excluding carboxylic acids is 1. The van der Waals surface area contributed by atoms with Crippen molar-refractivity contribution in [2.24, 2.45) is 0 Å². The van der Waals surface area contributed by atoms with Gasteiger partial charge in [0.05, 0.1) is 17.8 Å². The van der Waals surface area contributed by atoms with E-state index in [9.17, 15) is 22.4 Å². The Bertz CT molecular complexity index is 1470. The molecule has 3 aromatic carbocycles. The third kappa shape index (κ3) is 10.0. The van der Waals surface area contributed by atoms with Crippen molar-refractivity contribution in [2.75, 3.05) is 25.1 Å². The molecule has 0 saturated carbocycles. The first-order valence-electron chi connectivity index (χ1n) is 14.7. The van der Waals surface area contributed by atoms with Crippen LogP contribution in [0.15, 0.2) is 36.4 Å². The molecule has 45 heavy (non-hydrogen) atoms. The highest BCUT2D eigenvalue weighted by molar-refractivity contribution is 5.83. The highest BCUT2D eigenvalue weighted by Crippen LogP contribution is 2.44. The average Bonchev–Trinajstić information content (AvgIpc) is 3.33. The topological polar surface area (TPSA) is 87.1 Å². The Morgan fingerprint density at radius 1 is 1.02 bits per heavy atom. The van der Waals surface area contributed by atoms with Crippen LogP contribution in [0.5, 0.6) is 5.75 Å². The molecule has 5 rings (SSSR count). The maximum atomic E-state index is 14.8. The quantitative estimate of drug-likeness (QED) is 0.225. The molecule has 0 unspecified atom stereocenters. The van der Waals surface area contributed by atoms with Crippen LogP contribution in [0.4, 0.5) is 23.2 Å². The van der Waals surface area contributed by atoms with Crippen molar-refractivity contribution in [1.29, 1.82) is 0 Å². The van der Waals surface area contributed by atoms with E-state index in [-0.39, 0.29) is 17.9 Å². The average molecular weight is 634 g/mol. The number of ether oxygens (including phenoxy) is 1. The number of alkyl halides is 3. The zero-order valence-electron chi connectivity index (χ0n) is 26.9. The molecule has 0 spiro atoms. The number of carboxylic acid groups (broad SMARTS) is 1. The Morgan fingerprint density at radius 3 is 2.20 bits per heavy atom. The van der Waals surface area contributed by atoms with Gasteiger partial charge in [-0.3, -0.25) is 9.59 Å². The molecule has 10 heteroatoms. The monoisotopic (exact) mass is 633 g/mol. The van der Waals surface area contributed by atoms with Gasteiger partial charge in [-0.2, -0.15) is 13.2 Å². The van der Waals surface area contributed by atoms with Gasteiger partial charge in [0.2, 0.25) is 0 Å². The zero-order valence-corrected chi connectivity index (χ0v) is 26.9. The van der Waals surface area contributed by atoms with Gasteiger partial charge in [0.15, 0.2) is 11.6 Å². The van der Waals surface area contributed by atoms with Crippen molar-refractivity contribution < 1.29 is 42.1 Å². The molecule has 3 aromatic rings. The van der Waals surface area contributed by atoms with Crippen LogP contribution in [0.3, 0.4) is 0 Å². The summed E-state index contributed by atoms with van der Waals surface area (Å²) in [6, 6.07) is 8.28. The van der Waals surface area contributed by atoms with Crippen LogP contribution < -0.4 is 9.64 Å². The van der Waals surface area contributed by atoms with E-state index in [4.69, 9.17) is 19.7 Å². The van der Waals surface area contributed by atoms with Crippen LogP contribution in [-0.4, -0.2) is 48.8 Å². The molecule has 0 aromatic heterocycles. The molecule has 0 aliphatic carbocycles. The number of benzene rings is 3. The number of rotatable bonds is 3. The fourth-order valence-electron chi connectivity index (χ4n) is 5.37. The van der Waals surface area contributed by atoms with Gasteiger partial charge in [-0.15, -0.1) is 0 Å². The van der Waals surface area contributed by atoms with Gasteiger partial charge in [0.25, 0.3) is 6.47 Å². The van der Waals surface area contributed by atoms with Gasteiger partial charge in [-0.1, -0.05) is 19.1 Å². The second kappa shape index (κ2) is 15.9. The van der Waals surface area contributed by atoms with Gasteiger partial charge < -0.3 is 19.8 Å². The van der Waals surface area contributed by atoms with Gasteiger partial charge in [0.1, 0.15) is 6.29 Å². The van der Waals surface area contributed by atoms with E-state index in [0.29, 0.717) is 18.6 Å². The predicted molar refractivity (Wildman–Crippen MR) is 169 cm³/mol. The minimum Gasteiger partial charge on any atom is -0.490 e. The second-order valence-corrected chi connectivity index (χ2v) is 11.9. The van der Waals surface area contributed by atoms with Crippen molar-refractivity contribution in [3.05, 3.63) is 81.2 Å². The van der Waals surface area contributed by atoms with Gasteiger partial charge in [0, 0.05) is 30.4 Å². The minimum absolute atomic E-state index is 0.0322. The summed E-state index contributed by atoms with van der Waals surface area (Å²) in [5, 5.41) is 15.4. The van der Waals surface area contributed by atoms with Crippen molar-refractivity contribution >= 4 is 18.4 Å². The molecule has 6 nitrogen and oxygen atoms in total. The fraction of sp³-hybridized carbons (Fsp3) is 0.429.